The molecule has 15 heavy (non-hydrogen) atoms. The summed E-state index contributed by atoms with van der Waals surface area (Å²) in [6, 6.07) is 4.79. The van der Waals surface area contributed by atoms with Crippen LogP contribution in [0.2, 0.25) is 0 Å². The van der Waals surface area contributed by atoms with Crippen LogP contribution in [0.4, 0.5) is 0 Å². The molecule has 0 N–H and O–H groups in total. The van der Waals surface area contributed by atoms with Crippen LogP contribution in [0, 0.1) is 11.2 Å². The van der Waals surface area contributed by atoms with Crippen LogP contribution in [0.5, 0.6) is 0 Å². The van der Waals surface area contributed by atoms with E-state index in [-0.39, 0.29) is 0 Å². The zero-order valence-electron chi connectivity index (χ0n) is 8.93. The Morgan fingerprint density at radius 3 is 2.87 bits per heavy atom. The number of likely N-dealkylation sites (tertiary alicyclic amines) is 1. The monoisotopic (exact) mass is 199 g/mol. The summed E-state index contributed by atoms with van der Waals surface area (Å²) in [5.41, 5.74) is 1.36. The van der Waals surface area contributed by atoms with Gasteiger partial charge >= 0.3 is 0 Å². The number of hydrogen-bond donors (Lipinski definition) is 0. The molecule has 2 rings (SSSR count). The first-order valence-corrected chi connectivity index (χ1v) is 4.99. The summed E-state index contributed by atoms with van der Waals surface area (Å²) in [5, 5.41) is 7.10. The molecule has 3 nitrogen and oxygen atoms in total. The molecular weight excluding hydrogens is 185 g/mol. The fourth-order valence-electron chi connectivity index (χ4n) is 1.90. The van der Waals surface area contributed by atoms with Gasteiger partial charge in [0.1, 0.15) is 0 Å². The third-order valence-electron chi connectivity index (χ3n) is 2.59. The molecule has 1 aromatic heterocycles. The van der Waals surface area contributed by atoms with Gasteiger partial charge < -0.3 is 0 Å². The van der Waals surface area contributed by atoms with E-state index in [4.69, 9.17) is 5.26 Å². The Kier molecular flexibility index (Phi) is 4.86. The largest absolute Gasteiger partial charge is 0.299 e. The average molecular weight is 199 g/mol. The number of rotatable bonds is 1. The quantitative estimate of drug-likeness (QED) is 0.643. The van der Waals surface area contributed by atoms with Crippen LogP contribution in [-0.4, -0.2) is 31.3 Å². The number of hydrogen-bond acceptors (Lipinski definition) is 3. The maximum Gasteiger partial charge on any atom is 0.229 e. The highest BCUT2D eigenvalue weighted by molar-refractivity contribution is 6.20. The summed E-state index contributed by atoms with van der Waals surface area (Å²) in [6.07, 6.45) is 6.41. The summed E-state index contributed by atoms with van der Waals surface area (Å²) in [5.74, 6) is 1.25. The third-order valence-corrected chi connectivity index (χ3v) is 2.59. The van der Waals surface area contributed by atoms with Crippen LogP contribution in [0.1, 0.15) is 24.4 Å². The molecule has 0 aromatic carbocycles. The topological polar surface area (TPSA) is 39.9 Å². The lowest BCUT2D eigenvalue weighted by molar-refractivity contribution is 0.317. The van der Waals surface area contributed by atoms with Gasteiger partial charge in [-0.05, 0) is 44.0 Å². The van der Waals surface area contributed by atoms with Gasteiger partial charge in [-0.25, -0.2) is 5.26 Å². The molecule has 1 aliphatic rings. The summed E-state index contributed by atoms with van der Waals surface area (Å²) in [6.45, 7) is 1.22. The molecule has 0 saturated carbocycles. The van der Waals surface area contributed by atoms with E-state index < -0.39 is 0 Å². The van der Waals surface area contributed by atoms with Crippen molar-refractivity contribution in [1.29, 1.82) is 5.26 Å². The fraction of sp³-hybridized carbons (Fsp3) is 0.455. The zero-order chi connectivity index (χ0) is 11.1. The molecule has 1 fully saturated rings. The second-order valence-electron chi connectivity index (χ2n) is 3.55. The Morgan fingerprint density at radius 2 is 2.40 bits per heavy atom. The van der Waals surface area contributed by atoms with Crippen LogP contribution in [0.3, 0.4) is 0 Å². The van der Waals surface area contributed by atoms with Gasteiger partial charge in [0.25, 0.3) is 0 Å². The SMILES string of the molecule is CN1CCCC1c1cccnc1.[B]C#N. The maximum absolute atomic E-state index is 7.10. The highest BCUT2D eigenvalue weighted by Gasteiger charge is 2.21. The Balaban J connectivity index is 0.000000337. The molecule has 4 heteroatoms. The van der Waals surface area contributed by atoms with Crippen molar-refractivity contribution in [2.75, 3.05) is 13.6 Å². The third kappa shape index (κ3) is 3.37. The Morgan fingerprint density at radius 1 is 1.67 bits per heavy atom. The zero-order valence-corrected chi connectivity index (χ0v) is 8.93. The summed E-state index contributed by atoms with van der Waals surface area (Å²) < 4.78 is 0. The van der Waals surface area contributed by atoms with Gasteiger partial charge in [0.05, 0.1) is 0 Å². The number of pyridine rings is 1. The molecule has 0 bridgehead atoms. The maximum atomic E-state index is 7.10. The van der Waals surface area contributed by atoms with Gasteiger partial charge in [-0.15, -0.1) is 0 Å². The summed E-state index contributed by atoms with van der Waals surface area (Å²) >= 11 is 0. The van der Waals surface area contributed by atoms with Crippen molar-refractivity contribution in [2.45, 2.75) is 18.9 Å². The lowest BCUT2D eigenvalue weighted by atomic mass is 10.1. The molecule has 1 atom stereocenters. The second-order valence-corrected chi connectivity index (χ2v) is 3.55. The van der Waals surface area contributed by atoms with Crippen LogP contribution >= 0.6 is 0 Å². The second kappa shape index (κ2) is 6.21. The minimum absolute atomic E-state index is 0.610. The molecule has 1 aromatic rings. The molecule has 0 aliphatic carbocycles. The summed E-state index contributed by atoms with van der Waals surface area (Å²) in [4.78, 5) is 6.54. The van der Waals surface area contributed by atoms with E-state index in [0.29, 0.717) is 6.04 Å². The Bertz CT molecular complexity index is 320. The van der Waals surface area contributed by atoms with Gasteiger partial charge in [0, 0.05) is 18.4 Å². The van der Waals surface area contributed by atoms with Gasteiger partial charge in [-0.1, -0.05) is 6.07 Å². The smallest absolute Gasteiger partial charge is 0.229 e. The number of nitriles is 1. The predicted molar refractivity (Wildman–Crippen MR) is 60.2 cm³/mol. The van der Waals surface area contributed by atoms with Crippen LogP contribution < -0.4 is 0 Å². The van der Waals surface area contributed by atoms with Crippen molar-refractivity contribution in [1.82, 2.24) is 9.88 Å². The number of nitrogens with zero attached hydrogens (tertiary/aromatic N) is 3. The first kappa shape index (κ1) is 11.7. The standard InChI is InChI=1S/C10H14N2.CBN/c1-12-7-3-5-10(12)9-4-2-6-11-8-9;2-1-3/h2,4,6,8,10H,3,5,7H2,1H3;. The summed E-state index contributed by atoms with van der Waals surface area (Å²) in [7, 11) is 6.34. The van der Waals surface area contributed by atoms with Crippen molar-refractivity contribution in [2.24, 2.45) is 0 Å². The van der Waals surface area contributed by atoms with E-state index in [1.807, 2.05) is 18.5 Å². The van der Waals surface area contributed by atoms with Gasteiger partial charge in [0.2, 0.25) is 7.85 Å². The lowest BCUT2D eigenvalue weighted by Crippen LogP contribution is -2.17. The average Bonchev–Trinajstić information content (AvgIpc) is 2.67. The van der Waals surface area contributed by atoms with Crippen LogP contribution in [-0.2, 0) is 0 Å². The normalized spacial score (nSPS) is 20.1. The van der Waals surface area contributed by atoms with Crippen molar-refractivity contribution < 1.29 is 0 Å². The molecule has 2 heterocycles. The fourth-order valence-corrected chi connectivity index (χ4v) is 1.90. The van der Waals surface area contributed by atoms with Crippen LogP contribution in [0.25, 0.3) is 0 Å². The van der Waals surface area contributed by atoms with Crippen molar-refractivity contribution in [3.63, 3.8) is 0 Å². The van der Waals surface area contributed by atoms with Crippen molar-refractivity contribution >= 4 is 7.85 Å². The van der Waals surface area contributed by atoms with E-state index in [1.165, 1.54) is 30.9 Å². The highest BCUT2D eigenvalue weighted by Crippen LogP contribution is 2.29. The molecule has 1 unspecified atom stereocenters. The molecule has 1 aliphatic heterocycles. The highest BCUT2D eigenvalue weighted by atomic mass is 15.1. The van der Waals surface area contributed by atoms with Crippen LogP contribution in [0.15, 0.2) is 24.5 Å². The van der Waals surface area contributed by atoms with Gasteiger partial charge in [0.15, 0.2) is 0 Å². The number of aromatic nitrogens is 1. The molecule has 2 radical (unpaired) electrons. The van der Waals surface area contributed by atoms with E-state index in [9.17, 15) is 0 Å². The Labute approximate surface area is 92.1 Å². The van der Waals surface area contributed by atoms with Crippen molar-refractivity contribution in [3.05, 3.63) is 30.1 Å². The van der Waals surface area contributed by atoms with E-state index in [0.717, 1.165) is 0 Å². The minimum Gasteiger partial charge on any atom is -0.299 e. The molecule has 0 amide bonds. The first-order chi connectivity index (χ1) is 7.29. The van der Waals surface area contributed by atoms with E-state index in [1.54, 1.807) is 0 Å². The van der Waals surface area contributed by atoms with Gasteiger partial charge in [-0.2, -0.15) is 0 Å². The molecule has 76 valence electrons. The molecule has 0 spiro atoms. The Hall–Kier alpha value is -1.34. The van der Waals surface area contributed by atoms with Gasteiger partial charge in [-0.3, -0.25) is 9.88 Å². The molecule has 1 saturated heterocycles. The first-order valence-electron chi connectivity index (χ1n) is 4.99. The predicted octanol–water partition coefficient (Wildman–Crippen LogP) is 1.48. The lowest BCUT2D eigenvalue weighted by Gasteiger charge is -2.18. The van der Waals surface area contributed by atoms with Crippen molar-refractivity contribution in [3.8, 4) is 5.97 Å². The minimum atomic E-state index is 0.610. The van der Waals surface area contributed by atoms with E-state index >= 15 is 0 Å². The molecular formula is C11H14BN3. The van der Waals surface area contributed by atoms with E-state index in [2.05, 4.69) is 30.8 Å².